The summed E-state index contributed by atoms with van der Waals surface area (Å²) in [5.41, 5.74) is 8.23. The van der Waals surface area contributed by atoms with Crippen molar-refractivity contribution in [2.75, 3.05) is 30.9 Å². The molecule has 9 heteroatoms. The Hall–Kier alpha value is -3.20. The van der Waals surface area contributed by atoms with E-state index in [9.17, 15) is 9.59 Å². The molecule has 0 unspecified atom stereocenters. The van der Waals surface area contributed by atoms with Crippen LogP contribution in [0.5, 0.6) is 0 Å². The molecule has 2 rings (SSSR count). The fourth-order valence-electron chi connectivity index (χ4n) is 3.04. The summed E-state index contributed by atoms with van der Waals surface area (Å²) in [5, 5.41) is 9.03. The fraction of sp³-hybridized carbons (Fsp3) is 0.478. The molecule has 0 saturated heterocycles. The molecule has 0 radical (unpaired) electrons. The molecule has 0 spiro atoms. The van der Waals surface area contributed by atoms with Gasteiger partial charge in [0.1, 0.15) is 0 Å². The van der Waals surface area contributed by atoms with E-state index in [0.717, 1.165) is 16.9 Å². The standard InChI is InChI=1S/C23H35N7O2/c1-7-18-22(30(6)14(2)3)29-21(19(28-18)20(24)31)27-17-10-8-9-16(13-17)11-12-26-23(32)15(4)25-5/h8-10,13-15,25H,7,11-12H2,1-6H3,(H2,24,31)(H,26,32)(H,27,29)/t15-/m0/s1. The van der Waals surface area contributed by atoms with Gasteiger partial charge in [-0.2, -0.15) is 0 Å². The van der Waals surface area contributed by atoms with Crippen molar-refractivity contribution < 1.29 is 9.59 Å². The van der Waals surface area contributed by atoms with Crippen LogP contribution < -0.4 is 26.6 Å². The normalized spacial score (nSPS) is 11.8. The highest BCUT2D eigenvalue weighted by Crippen LogP contribution is 2.25. The Balaban J connectivity index is 2.26. The van der Waals surface area contributed by atoms with Crippen LogP contribution in [0, 0.1) is 0 Å². The van der Waals surface area contributed by atoms with Crippen molar-refractivity contribution in [3.63, 3.8) is 0 Å². The van der Waals surface area contributed by atoms with E-state index in [1.807, 2.05) is 50.1 Å². The summed E-state index contributed by atoms with van der Waals surface area (Å²) in [6, 6.07) is 7.72. The van der Waals surface area contributed by atoms with Crippen molar-refractivity contribution in [3.8, 4) is 0 Å². The molecule has 1 aromatic heterocycles. The van der Waals surface area contributed by atoms with Gasteiger partial charge in [-0.25, -0.2) is 9.97 Å². The third-order valence-corrected chi connectivity index (χ3v) is 5.35. The number of rotatable bonds is 11. The second-order valence-electron chi connectivity index (χ2n) is 7.99. The van der Waals surface area contributed by atoms with Gasteiger partial charge in [0.15, 0.2) is 17.3 Å². The lowest BCUT2D eigenvalue weighted by atomic mass is 10.1. The van der Waals surface area contributed by atoms with Gasteiger partial charge in [-0.05, 0) is 58.4 Å². The van der Waals surface area contributed by atoms with Gasteiger partial charge in [0.2, 0.25) is 5.91 Å². The maximum Gasteiger partial charge on any atom is 0.271 e. The van der Waals surface area contributed by atoms with E-state index >= 15 is 0 Å². The van der Waals surface area contributed by atoms with E-state index in [4.69, 9.17) is 10.7 Å². The van der Waals surface area contributed by atoms with E-state index in [2.05, 4.69) is 34.8 Å². The number of carbonyl (C=O) groups is 2. The maximum atomic E-state index is 12.1. The van der Waals surface area contributed by atoms with E-state index in [1.54, 1.807) is 7.05 Å². The zero-order chi connectivity index (χ0) is 23.8. The highest BCUT2D eigenvalue weighted by molar-refractivity contribution is 5.96. The summed E-state index contributed by atoms with van der Waals surface area (Å²) in [5.74, 6) is 0.366. The predicted molar refractivity (Wildman–Crippen MR) is 128 cm³/mol. The topological polar surface area (TPSA) is 125 Å². The van der Waals surface area contributed by atoms with Crippen molar-refractivity contribution in [3.05, 3.63) is 41.2 Å². The number of amides is 2. The predicted octanol–water partition coefficient (Wildman–Crippen LogP) is 1.99. The van der Waals surface area contributed by atoms with Crippen LogP contribution >= 0.6 is 0 Å². The molecule has 1 atom stereocenters. The van der Waals surface area contributed by atoms with E-state index < -0.39 is 5.91 Å². The number of nitrogens with zero attached hydrogens (tertiary/aromatic N) is 3. The Bertz CT molecular complexity index is 946. The molecule has 1 heterocycles. The molecule has 0 aliphatic heterocycles. The van der Waals surface area contributed by atoms with Gasteiger partial charge in [-0.15, -0.1) is 0 Å². The van der Waals surface area contributed by atoms with Crippen molar-refractivity contribution >= 4 is 29.1 Å². The summed E-state index contributed by atoms with van der Waals surface area (Å²) < 4.78 is 0. The van der Waals surface area contributed by atoms with E-state index in [1.165, 1.54) is 0 Å². The van der Waals surface area contributed by atoms with Crippen LogP contribution in [-0.4, -0.2) is 54.5 Å². The molecule has 2 aromatic rings. The average molecular weight is 442 g/mol. The summed E-state index contributed by atoms with van der Waals surface area (Å²) in [6.45, 7) is 8.44. The van der Waals surface area contributed by atoms with E-state index in [-0.39, 0.29) is 23.7 Å². The number of aromatic nitrogens is 2. The molecular formula is C23H35N7O2. The third kappa shape index (κ3) is 6.40. The first kappa shape index (κ1) is 25.1. The highest BCUT2D eigenvalue weighted by atomic mass is 16.2. The van der Waals surface area contributed by atoms with Gasteiger partial charge in [-0.1, -0.05) is 19.1 Å². The molecule has 0 aliphatic rings. The number of nitrogens with one attached hydrogen (secondary N) is 3. The van der Waals surface area contributed by atoms with Gasteiger partial charge in [-0.3, -0.25) is 9.59 Å². The number of hydrogen-bond acceptors (Lipinski definition) is 7. The SMILES string of the molecule is CCc1nc(C(N)=O)c(Nc2cccc(CCNC(=O)[C@H](C)NC)c2)nc1N(C)C(C)C. The van der Waals surface area contributed by atoms with Crippen molar-refractivity contribution in [1.29, 1.82) is 0 Å². The van der Waals surface area contributed by atoms with Crippen LogP contribution in [0.25, 0.3) is 0 Å². The Kier molecular flexibility index (Phi) is 8.95. The van der Waals surface area contributed by atoms with Gasteiger partial charge in [0.05, 0.1) is 11.7 Å². The molecule has 0 bridgehead atoms. The molecule has 9 nitrogen and oxygen atoms in total. The summed E-state index contributed by atoms with van der Waals surface area (Å²) in [4.78, 5) is 35.2. The molecule has 1 aromatic carbocycles. The number of benzene rings is 1. The largest absolute Gasteiger partial charge is 0.364 e. The van der Waals surface area contributed by atoms with Crippen molar-refractivity contribution in [2.24, 2.45) is 5.73 Å². The number of hydrogen-bond donors (Lipinski definition) is 4. The van der Waals surface area contributed by atoms with Crippen molar-refractivity contribution in [1.82, 2.24) is 20.6 Å². The lowest BCUT2D eigenvalue weighted by Crippen LogP contribution is -2.41. The Morgan fingerprint density at radius 3 is 2.50 bits per heavy atom. The maximum absolute atomic E-state index is 12.1. The average Bonchev–Trinajstić information content (AvgIpc) is 2.77. The minimum Gasteiger partial charge on any atom is -0.364 e. The number of anilines is 3. The Morgan fingerprint density at radius 2 is 1.91 bits per heavy atom. The fourth-order valence-corrected chi connectivity index (χ4v) is 3.04. The van der Waals surface area contributed by atoms with Crippen LogP contribution in [-0.2, 0) is 17.6 Å². The Labute approximate surface area is 190 Å². The first-order chi connectivity index (χ1) is 15.2. The number of nitrogens with two attached hydrogens (primary N) is 1. The third-order valence-electron chi connectivity index (χ3n) is 5.35. The smallest absolute Gasteiger partial charge is 0.271 e. The first-order valence-electron chi connectivity index (χ1n) is 10.9. The molecule has 0 fully saturated rings. The Morgan fingerprint density at radius 1 is 1.19 bits per heavy atom. The minimum atomic E-state index is -0.633. The molecule has 174 valence electrons. The summed E-state index contributed by atoms with van der Waals surface area (Å²) >= 11 is 0. The van der Waals surface area contributed by atoms with Gasteiger partial charge >= 0.3 is 0 Å². The molecule has 5 N–H and O–H groups in total. The first-order valence-corrected chi connectivity index (χ1v) is 10.9. The summed E-state index contributed by atoms with van der Waals surface area (Å²) in [7, 11) is 3.70. The number of carbonyl (C=O) groups excluding carboxylic acids is 2. The molecule has 0 aliphatic carbocycles. The highest BCUT2D eigenvalue weighted by Gasteiger charge is 2.20. The molecule has 2 amide bonds. The zero-order valence-electron chi connectivity index (χ0n) is 19.8. The van der Waals surface area contributed by atoms with E-state index in [0.29, 0.717) is 31.0 Å². The molecular weight excluding hydrogens is 406 g/mol. The van der Waals surface area contributed by atoms with Crippen LogP contribution in [0.3, 0.4) is 0 Å². The van der Waals surface area contributed by atoms with Crippen molar-refractivity contribution in [2.45, 2.75) is 52.6 Å². The quantitative estimate of drug-likeness (QED) is 0.420. The number of primary amides is 1. The second-order valence-corrected chi connectivity index (χ2v) is 7.99. The number of aryl methyl sites for hydroxylation is 1. The zero-order valence-corrected chi connectivity index (χ0v) is 19.8. The minimum absolute atomic E-state index is 0.0408. The number of likely N-dealkylation sites (N-methyl/N-ethyl adjacent to an activating group) is 1. The van der Waals surface area contributed by atoms with Crippen LogP contribution in [0.1, 0.15) is 49.4 Å². The molecule has 0 saturated carbocycles. The van der Waals surface area contributed by atoms with Gasteiger partial charge in [0.25, 0.3) is 5.91 Å². The second kappa shape index (κ2) is 11.4. The lowest BCUT2D eigenvalue weighted by Gasteiger charge is -2.25. The molecule has 32 heavy (non-hydrogen) atoms. The summed E-state index contributed by atoms with van der Waals surface area (Å²) in [6.07, 6.45) is 1.30. The van der Waals surface area contributed by atoms with Gasteiger partial charge in [0, 0.05) is 25.3 Å². The van der Waals surface area contributed by atoms with Crippen LogP contribution in [0.15, 0.2) is 24.3 Å². The monoisotopic (exact) mass is 441 g/mol. The van der Waals surface area contributed by atoms with Gasteiger partial charge < -0.3 is 26.6 Å². The van der Waals surface area contributed by atoms with Crippen LogP contribution in [0.4, 0.5) is 17.3 Å². The lowest BCUT2D eigenvalue weighted by molar-refractivity contribution is -0.122. The van der Waals surface area contributed by atoms with Crippen LogP contribution in [0.2, 0.25) is 0 Å².